The predicted molar refractivity (Wildman–Crippen MR) is 148 cm³/mol. The zero-order valence-electron chi connectivity index (χ0n) is 19.8. The summed E-state index contributed by atoms with van der Waals surface area (Å²) >= 11 is 3.67. The van der Waals surface area contributed by atoms with Crippen molar-refractivity contribution in [3.63, 3.8) is 0 Å². The average Bonchev–Trinajstić information content (AvgIpc) is 3.22. The second kappa shape index (κ2) is 9.29. The Hall–Kier alpha value is -0.730. The Bertz CT molecular complexity index is 1210. The molecule has 34 heavy (non-hydrogen) atoms. The largest absolute Gasteiger partial charge is 0.341 e. The first-order valence-electron chi connectivity index (χ1n) is 11.4. The standard InChI is InChI=1S/C24H30FI2N3O3S/c1-16(2)34(32,33)18-5-6-19(17(3)15-18)22(31)29-11-9-23(10-12-29)20-7-8-21(24(25,26)27)30(20)14-13-28(23)4/h5-8,15-16H,9-14H2,1-4H3. The van der Waals surface area contributed by atoms with Crippen LogP contribution in [0.25, 0.3) is 0 Å². The Kier molecular flexibility index (Phi) is 7.20. The molecule has 1 spiro atoms. The van der Waals surface area contributed by atoms with E-state index < -0.39 is 16.8 Å². The SMILES string of the molecule is Cc1cc(S(=O)(=O)C(C)C)ccc1C(=O)N1CCC2(CC1)c1ccc(C(F)(I)I)n1CCN2C. The number of halogens is 3. The van der Waals surface area contributed by atoms with Gasteiger partial charge in [0.05, 0.1) is 21.4 Å². The van der Waals surface area contributed by atoms with E-state index >= 15 is 0 Å². The maximum absolute atomic E-state index is 14.8. The van der Waals surface area contributed by atoms with Gasteiger partial charge in [-0.3, -0.25) is 9.69 Å². The number of sulfone groups is 1. The number of likely N-dealkylation sites (tertiary alicyclic amines) is 1. The first kappa shape index (κ1) is 26.3. The van der Waals surface area contributed by atoms with Crippen molar-refractivity contribution >= 4 is 60.9 Å². The molecule has 0 saturated carbocycles. The summed E-state index contributed by atoms with van der Waals surface area (Å²) in [6.07, 6.45) is 1.53. The molecular formula is C24H30FI2N3O3S. The third kappa shape index (κ3) is 4.45. The highest BCUT2D eigenvalue weighted by molar-refractivity contribution is 14.2. The lowest BCUT2D eigenvalue weighted by molar-refractivity contribution is 0.0124. The highest BCUT2D eigenvalue weighted by Gasteiger charge is 2.46. The molecule has 1 saturated heterocycles. The van der Waals surface area contributed by atoms with Crippen LogP contribution in [0.4, 0.5) is 4.39 Å². The lowest BCUT2D eigenvalue weighted by Gasteiger charge is -2.50. The Labute approximate surface area is 228 Å². The zero-order valence-corrected chi connectivity index (χ0v) is 24.9. The summed E-state index contributed by atoms with van der Waals surface area (Å²) in [5, 5.41) is -0.513. The molecule has 1 fully saturated rings. The van der Waals surface area contributed by atoms with Crippen molar-refractivity contribution in [2.75, 3.05) is 26.7 Å². The quantitative estimate of drug-likeness (QED) is 0.331. The Morgan fingerprint density at radius 3 is 2.29 bits per heavy atom. The molecule has 1 amide bonds. The van der Waals surface area contributed by atoms with Gasteiger partial charge in [-0.15, -0.1) is 0 Å². The van der Waals surface area contributed by atoms with Crippen LogP contribution in [0.2, 0.25) is 0 Å². The summed E-state index contributed by atoms with van der Waals surface area (Å²) in [6.45, 7) is 7.86. The van der Waals surface area contributed by atoms with E-state index in [-0.39, 0.29) is 16.3 Å². The molecule has 1 aromatic heterocycles. The molecule has 0 radical (unpaired) electrons. The van der Waals surface area contributed by atoms with Gasteiger partial charge in [-0.05, 0) is 122 Å². The van der Waals surface area contributed by atoms with E-state index in [9.17, 15) is 17.6 Å². The van der Waals surface area contributed by atoms with Crippen molar-refractivity contribution in [3.8, 4) is 0 Å². The number of piperidine rings is 1. The lowest BCUT2D eigenvalue weighted by Crippen LogP contribution is -2.56. The fourth-order valence-corrected chi connectivity index (χ4v) is 7.32. The summed E-state index contributed by atoms with van der Waals surface area (Å²) in [4.78, 5) is 17.8. The van der Waals surface area contributed by atoms with Crippen LogP contribution in [0.15, 0.2) is 35.2 Å². The molecule has 0 bridgehead atoms. The number of likely N-dealkylation sites (N-methyl/N-ethyl adjacent to an activating group) is 1. The molecule has 0 aliphatic carbocycles. The Morgan fingerprint density at radius 1 is 1.09 bits per heavy atom. The van der Waals surface area contributed by atoms with E-state index in [1.807, 2.05) is 62.2 Å². The number of hydrogen-bond donors (Lipinski definition) is 0. The summed E-state index contributed by atoms with van der Waals surface area (Å²) in [5.74, 6) is -0.0716. The number of benzene rings is 1. The normalized spacial score (nSPS) is 19.0. The Morgan fingerprint density at radius 2 is 1.74 bits per heavy atom. The number of amides is 1. The van der Waals surface area contributed by atoms with Gasteiger partial charge in [0, 0.05) is 37.4 Å². The van der Waals surface area contributed by atoms with Gasteiger partial charge < -0.3 is 9.47 Å². The molecule has 2 aliphatic heterocycles. The third-order valence-electron chi connectivity index (χ3n) is 7.39. The molecule has 186 valence electrons. The summed E-state index contributed by atoms with van der Waals surface area (Å²) < 4.78 is 40.5. The summed E-state index contributed by atoms with van der Waals surface area (Å²) in [5.41, 5.74) is 2.79. The number of rotatable bonds is 4. The molecule has 0 atom stereocenters. The van der Waals surface area contributed by atoms with Crippen molar-refractivity contribution < 1.29 is 17.6 Å². The Balaban J connectivity index is 1.56. The van der Waals surface area contributed by atoms with Gasteiger partial charge in [-0.25, -0.2) is 12.8 Å². The summed E-state index contributed by atoms with van der Waals surface area (Å²) in [7, 11) is -1.28. The maximum Gasteiger partial charge on any atom is 0.254 e. The fourth-order valence-electron chi connectivity index (χ4n) is 5.24. The van der Waals surface area contributed by atoms with Gasteiger partial charge in [0.25, 0.3) is 5.91 Å². The molecule has 3 heterocycles. The van der Waals surface area contributed by atoms with Crippen LogP contribution in [0.1, 0.15) is 54.0 Å². The van der Waals surface area contributed by atoms with Crippen LogP contribution in [-0.4, -0.2) is 60.6 Å². The number of aromatic nitrogens is 1. The van der Waals surface area contributed by atoms with Gasteiger partial charge in [0.1, 0.15) is 0 Å². The number of carbonyl (C=O) groups excluding carboxylic acids is 1. The topological polar surface area (TPSA) is 62.6 Å². The predicted octanol–water partition coefficient (Wildman–Crippen LogP) is 5.01. The van der Waals surface area contributed by atoms with Crippen molar-refractivity contribution in [2.45, 2.75) is 57.5 Å². The van der Waals surface area contributed by atoms with E-state index in [4.69, 9.17) is 0 Å². The minimum atomic E-state index is -3.39. The molecule has 1 aromatic carbocycles. The highest BCUT2D eigenvalue weighted by Crippen LogP contribution is 2.47. The van der Waals surface area contributed by atoms with Crippen molar-refractivity contribution in [1.82, 2.24) is 14.4 Å². The molecule has 6 nitrogen and oxygen atoms in total. The van der Waals surface area contributed by atoms with Gasteiger partial charge in [0.15, 0.2) is 9.84 Å². The highest BCUT2D eigenvalue weighted by atomic mass is 127. The molecule has 2 aromatic rings. The summed E-state index contributed by atoms with van der Waals surface area (Å²) in [6, 6.07) is 8.73. The van der Waals surface area contributed by atoms with E-state index in [0.29, 0.717) is 29.9 Å². The monoisotopic (exact) mass is 713 g/mol. The molecule has 2 aliphatic rings. The van der Waals surface area contributed by atoms with Crippen LogP contribution < -0.4 is 0 Å². The maximum atomic E-state index is 14.8. The molecular weight excluding hydrogens is 683 g/mol. The van der Waals surface area contributed by atoms with E-state index in [1.165, 1.54) is 0 Å². The van der Waals surface area contributed by atoms with E-state index in [2.05, 4.69) is 16.5 Å². The van der Waals surface area contributed by atoms with Gasteiger partial charge in [0.2, 0.25) is 1.68 Å². The van der Waals surface area contributed by atoms with E-state index in [1.54, 1.807) is 39.0 Å². The number of nitrogens with zero attached hydrogens (tertiary/aromatic N) is 3. The molecule has 0 N–H and O–H groups in total. The minimum Gasteiger partial charge on any atom is -0.341 e. The molecule has 10 heteroatoms. The second-order valence-corrected chi connectivity index (χ2v) is 17.1. The van der Waals surface area contributed by atoms with Crippen molar-refractivity contribution in [2.24, 2.45) is 0 Å². The number of alkyl halides is 3. The molecule has 0 unspecified atom stereocenters. The van der Waals surface area contributed by atoms with Crippen LogP contribution >= 0.6 is 45.2 Å². The number of carbonyl (C=O) groups is 1. The number of hydrogen-bond acceptors (Lipinski definition) is 4. The fraction of sp³-hybridized carbons (Fsp3) is 0.542. The zero-order chi connectivity index (χ0) is 25.1. The lowest BCUT2D eigenvalue weighted by atomic mass is 9.81. The second-order valence-electron chi connectivity index (χ2n) is 9.57. The number of fused-ring (bicyclic) bond motifs is 2. The van der Waals surface area contributed by atoms with E-state index in [0.717, 1.165) is 31.6 Å². The van der Waals surface area contributed by atoms with Gasteiger partial charge in [-0.2, -0.15) is 0 Å². The number of aryl methyl sites for hydroxylation is 1. The smallest absolute Gasteiger partial charge is 0.254 e. The van der Waals surface area contributed by atoms with Crippen LogP contribution in [-0.2, 0) is 23.6 Å². The first-order valence-corrected chi connectivity index (χ1v) is 15.1. The third-order valence-corrected chi connectivity index (χ3v) is 10.7. The van der Waals surface area contributed by atoms with Gasteiger partial charge in [-0.1, -0.05) is 0 Å². The average molecular weight is 713 g/mol. The van der Waals surface area contributed by atoms with Crippen LogP contribution in [0.5, 0.6) is 0 Å². The van der Waals surface area contributed by atoms with Crippen LogP contribution in [0, 0.1) is 6.92 Å². The first-order chi connectivity index (χ1) is 15.8. The van der Waals surface area contributed by atoms with Crippen molar-refractivity contribution in [3.05, 3.63) is 52.8 Å². The van der Waals surface area contributed by atoms with Crippen LogP contribution in [0.3, 0.4) is 0 Å². The minimum absolute atomic E-state index is 0.0716. The van der Waals surface area contributed by atoms with Gasteiger partial charge >= 0.3 is 0 Å². The molecule has 4 rings (SSSR count). The van der Waals surface area contributed by atoms with Crippen molar-refractivity contribution in [1.29, 1.82) is 0 Å².